The van der Waals surface area contributed by atoms with Crippen LogP contribution in [0.25, 0.3) is 0 Å². The van der Waals surface area contributed by atoms with E-state index in [1.807, 2.05) is 0 Å². The zero-order chi connectivity index (χ0) is 10.2. The van der Waals surface area contributed by atoms with Gasteiger partial charge in [0.05, 0.1) is 10.2 Å². The van der Waals surface area contributed by atoms with Crippen LogP contribution in [-0.4, -0.2) is 18.0 Å². The van der Waals surface area contributed by atoms with Crippen molar-refractivity contribution in [3.8, 4) is 0 Å². The van der Waals surface area contributed by atoms with Gasteiger partial charge in [-0.3, -0.25) is 9.54 Å². The van der Waals surface area contributed by atoms with E-state index in [4.69, 9.17) is 4.55 Å². The summed E-state index contributed by atoms with van der Waals surface area (Å²) in [6.07, 6.45) is 0. The summed E-state index contributed by atoms with van der Waals surface area (Å²) in [6, 6.07) is 1.31. The van der Waals surface area contributed by atoms with Gasteiger partial charge in [-0.25, -0.2) is 0 Å². The molecule has 1 aromatic heterocycles. The molecule has 0 bridgehead atoms. The van der Waals surface area contributed by atoms with Gasteiger partial charge in [-0.1, -0.05) is 0 Å². The number of nitrogens with zero attached hydrogens (tertiary/aromatic N) is 1. The highest BCUT2D eigenvalue weighted by molar-refractivity contribution is 9.10. The minimum atomic E-state index is -4.17. The highest BCUT2D eigenvalue weighted by Gasteiger charge is 2.16. The van der Waals surface area contributed by atoms with Crippen molar-refractivity contribution >= 4 is 26.0 Å². The minimum Gasteiger partial charge on any atom is -0.282 e. The van der Waals surface area contributed by atoms with Gasteiger partial charge in [0.2, 0.25) is 0 Å². The Balaban J connectivity index is 3.56. The number of aryl methyl sites for hydroxylation is 2. The van der Waals surface area contributed by atoms with Crippen molar-refractivity contribution < 1.29 is 13.0 Å². The summed E-state index contributed by atoms with van der Waals surface area (Å²) < 4.78 is 30.9. The Labute approximate surface area is 84.9 Å². The van der Waals surface area contributed by atoms with Crippen molar-refractivity contribution in [3.05, 3.63) is 21.9 Å². The lowest BCUT2D eigenvalue weighted by Crippen LogP contribution is -2.02. The van der Waals surface area contributed by atoms with Gasteiger partial charge in [0.25, 0.3) is 10.1 Å². The van der Waals surface area contributed by atoms with Crippen LogP contribution in [0.15, 0.2) is 15.4 Å². The van der Waals surface area contributed by atoms with E-state index in [1.165, 1.54) is 6.07 Å². The molecule has 1 N–H and O–H groups in total. The first kappa shape index (κ1) is 10.6. The molecule has 1 rings (SSSR count). The predicted octanol–water partition coefficient (Wildman–Crippen LogP) is 1.71. The highest BCUT2D eigenvalue weighted by atomic mass is 79.9. The Morgan fingerprint density at radius 2 is 2.00 bits per heavy atom. The van der Waals surface area contributed by atoms with Gasteiger partial charge in [-0.2, -0.15) is 8.42 Å². The quantitative estimate of drug-likeness (QED) is 0.786. The molecule has 0 unspecified atom stereocenters. The van der Waals surface area contributed by atoms with E-state index in [1.54, 1.807) is 13.8 Å². The Morgan fingerprint density at radius 3 is 2.46 bits per heavy atom. The standard InChI is InChI=1S/C7H8BrNO3S/c1-4-3-6(13(10,11)12)7(8)5(2)9-4/h3H,1-2H3,(H,10,11,12). The van der Waals surface area contributed by atoms with Gasteiger partial charge < -0.3 is 0 Å². The molecule has 0 fully saturated rings. The average Bonchev–Trinajstić information content (AvgIpc) is 1.94. The van der Waals surface area contributed by atoms with E-state index in [-0.39, 0.29) is 4.90 Å². The third-order valence-corrected chi connectivity index (χ3v) is 3.64. The van der Waals surface area contributed by atoms with Gasteiger partial charge in [-0.05, 0) is 35.8 Å². The van der Waals surface area contributed by atoms with Crippen molar-refractivity contribution in [1.82, 2.24) is 4.98 Å². The molecule has 4 nitrogen and oxygen atoms in total. The molecule has 6 heteroatoms. The third kappa shape index (κ3) is 2.26. The Hall–Kier alpha value is -0.460. The van der Waals surface area contributed by atoms with Crippen molar-refractivity contribution in [2.24, 2.45) is 0 Å². The largest absolute Gasteiger partial charge is 0.295 e. The van der Waals surface area contributed by atoms with Crippen molar-refractivity contribution in [2.75, 3.05) is 0 Å². The normalized spacial score (nSPS) is 11.7. The number of hydrogen-bond acceptors (Lipinski definition) is 3. The average molecular weight is 266 g/mol. The van der Waals surface area contributed by atoms with Crippen molar-refractivity contribution in [3.63, 3.8) is 0 Å². The SMILES string of the molecule is Cc1cc(S(=O)(=O)O)c(Br)c(C)n1. The van der Waals surface area contributed by atoms with E-state index in [9.17, 15) is 8.42 Å². The molecule has 0 amide bonds. The van der Waals surface area contributed by atoms with E-state index in [0.29, 0.717) is 15.9 Å². The van der Waals surface area contributed by atoms with Gasteiger partial charge in [0, 0.05) is 5.69 Å². The number of halogens is 1. The molecule has 0 saturated carbocycles. The smallest absolute Gasteiger partial charge is 0.282 e. The molecular formula is C7H8BrNO3S. The van der Waals surface area contributed by atoms with Crippen LogP contribution < -0.4 is 0 Å². The molecular weight excluding hydrogens is 258 g/mol. The summed E-state index contributed by atoms with van der Waals surface area (Å²) >= 11 is 3.05. The van der Waals surface area contributed by atoms with Crippen LogP contribution in [0.3, 0.4) is 0 Å². The van der Waals surface area contributed by atoms with Gasteiger partial charge >= 0.3 is 0 Å². The molecule has 0 atom stereocenters. The molecule has 0 aliphatic rings. The maximum absolute atomic E-state index is 10.9. The highest BCUT2D eigenvalue weighted by Crippen LogP contribution is 2.24. The summed E-state index contributed by atoms with van der Waals surface area (Å²) in [5.74, 6) is 0. The lowest BCUT2D eigenvalue weighted by molar-refractivity contribution is 0.482. The summed E-state index contributed by atoms with van der Waals surface area (Å²) in [4.78, 5) is 3.88. The minimum absolute atomic E-state index is 0.141. The lowest BCUT2D eigenvalue weighted by Gasteiger charge is -2.04. The molecule has 1 aromatic rings. The van der Waals surface area contributed by atoms with Crippen molar-refractivity contribution in [2.45, 2.75) is 18.7 Å². The van der Waals surface area contributed by atoms with Crippen LogP contribution >= 0.6 is 15.9 Å². The molecule has 72 valence electrons. The second-order valence-corrected chi connectivity index (χ2v) is 4.82. The molecule has 0 aromatic carbocycles. The van der Waals surface area contributed by atoms with E-state index in [2.05, 4.69) is 20.9 Å². The maximum Gasteiger partial charge on any atom is 0.295 e. The van der Waals surface area contributed by atoms with Crippen molar-refractivity contribution in [1.29, 1.82) is 0 Å². The topological polar surface area (TPSA) is 67.3 Å². The molecule has 0 aliphatic carbocycles. The number of pyridine rings is 1. The molecule has 0 radical (unpaired) electrons. The molecule has 1 heterocycles. The second-order valence-electron chi connectivity index (χ2n) is 2.64. The van der Waals surface area contributed by atoms with E-state index in [0.717, 1.165) is 0 Å². The van der Waals surface area contributed by atoms with Crippen LogP contribution in [0.1, 0.15) is 11.4 Å². The number of aromatic nitrogens is 1. The molecule has 0 saturated heterocycles. The fourth-order valence-corrected chi connectivity index (χ4v) is 2.48. The number of rotatable bonds is 1. The van der Waals surface area contributed by atoms with Crippen LogP contribution in [0.5, 0.6) is 0 Å². The van der Waals surface area contributed by atoms with Gasteiger partial charge in [0.1, 0.15) is 4.90 Å². The molecule has 13 heavy (non-hydrogen) atoms. The zero-order valence-corrected chi connectivity index (χ0v) is 9.48. The lowest BCUT2D eigenvalue weighted by atomic mass is 10.3. The summed E-state index contributed by atoms with van der Waals surface area (Å²) in [7, 11) is -4.17. The van der Waals surface area contributed by atoms with Crippen LogP contribution in [-0.2, 0) is 10.1 Å². The van der Waals surface area contributed by atoms with Crippen LogP contribution in [0.2, 0.25) is 0 Å². The van der Waals surface area contributed by atoms with Crippen LogP contribution in [0, 0.1) is 13.8 Å². The van der Waals surface area contributed by atoms with E-state index < -0.39 is 10.1 Å². The fraction of sp³-hybridized carbons (Fsp3) is 0.286. The maximum atomic E-state index is 10.9. The predicted molar refractivity (Wildman–Crippen MR) is 51.2 cm³/mol. The summed E-state index contributed by atoms with van der Waals surface area (Å²) in [6.45, 7) is 3.32. The monoisotopic (exact) mass is 265 g/mol. The van der Waals surface area contributed by atoms with E-state index >= 15 is 0 Å². The Kier molecular flexibility index (Phi) is 2.74. The zero-order valence-electron chi connectivity index (χ0n) is 7.07. The fourth-order valence-electron chi connectivity index (χ4n) is 0.965. The molecule has 0 aliphatic heterocycles. The first-order valence-corrected chi connectivity index (χ1v) is 5.67. The Bertz CT molecular complexity index is 441. The number of hydrogen-bond donors (Lipinski definition) is 1. The van der Waals surface area contributed by atoms with Gasteiger partial charge in [0.15, 0.2) is 0 Å². The first-order chi connectivity index (χ1) is 5.82. The summed E-state index contributed by atoms with van der Waals surface area (Å²) in [5, 5.41) is 0. The second kappa shape index (κ2) is 3.36. The van der Waals surface area contributed by atoms with Gasteiger partial charge in [-0.15, -0.1) is 0 Å². The first-order valence-electron chi connectivity index (χ1n) is 3.43. The third-order valence-electron chi connectivity index (χ3n) is 1.50. The molecule has 0 spiro atoms. The summed E-state index contributed by atoms with van der Waals surface area (Å²) in [5.41, 5.74) is 1.08. The Morgan fingerprint density at radius 1 is 1.46 bits per heavy atom. The van der Waals surface area contributed by atoms with Crippen LogP contribution in [0.4, 0.5) is 0 Å².